The number of thioether (sulfide) groups is 1. The summed E-state index contributed by atoms with van der Waals surface area (Å²) in [6.45, 7) is 0. The molecule has 0 spiro atoms. The van der Waals surface area contributed by atoms with E-state index in [1.54, 1.807) is 0 Å². The molecule has 0 radical (unpaired) electrons. The van der Waals surface area contributed by atoms with Gasteiger partial charge in [-0.15, -0.1) is 0 Å². The lowest BCUT2D eigenvalue weighted by molar-refractivity contribution is -0.121. The quantitative estimate of drug-likeness (QED) is 0.860. The lowest BCUT2D eigenvalue weighted by Crippen LogP contribution is -2.28. The van der Waals surface area contributed by atoms with Gasteiger partial charge in [-0.3, -0.25) is 4.79 Å². The standard InChI is InChI=1S/C11H12BrNOS/c12-9-4-2-1-3-8(9)10-7-15-6-5-11(14)13-10/h1-4,10H,5-7H2,(H,13,14). The average molecular weight is 286 g/mol. The van der Waals surface area contributed by atoms with Gasteiger partial charge >= 0.3 is 0 Å². The van der Waals surface area contributed by atoms with Gasteiger partial charge in [0.15, 0.2) is 0 Å². The summed E-state index contributed by atoms with van der Waals surface area (Å²) in [7, 11) is 0. The third-order valence-corrected chi connectivity index (χ3v) is 4.16. The summed E-state index contributed by atoms with van der Waals surface area (Å²) >= 11 is 5.34. The van der Waals surface area contributed by atoms with Crippen molar-refractivity contribution in [3.8, 4) is 0 Å². The summed E-state index contributed by atoms with van der Waals surface area (Å²) in [5, 5.41) is 3.05. The molecule has 4 heteroatoms. The molecule has 0 aliphatic carbocycles. The van der Waals surface area contributed by atoms with Gasteiger partial charge in [-0.25, -0.2) is 0 Å². The minimum Gasteiger partial charge on any atom is -0.348 e. The molecule has 0 aromatic heterocycles. The first-order valence-corrected chi connectivity index (χ1v) is 6.83. The van der Waals surface area contributed by atoms with E-state index in [-0.39, 0.29) is 11.9 Å². The Hall–Kier alpha value is -0.480. The van der Waals surface area contributed by atoms with Gasteiger partial charge in [0.2, 0.25) is 5.91 Å². The van der Waals surface area contributed by atoms with E-state index >= 15 is 0 Å². The predicted octanol–water partition coefficient (Wildman–Crippen LogP) is 2.74. The summed E-state index contributed by atoms with van der Waals surface area (Å²) in [6.07, 6.45) is 0.631. The Bertz CT molecular complexity index is 369. The van der Waals surface area contributed by atoms with Crippen LogP contribution in [0, 0.1) is 0 Å². The topological polar surface area (TPSA) is 29.1 Å². The predicted molar refractivity (Wildman–Crippen MR) is 67.0 cm³/mol. The summed E-state index contributed by atoms with van der Waals surface area (Å²) in [6, 6.07) is 8.19. The molecule has 0 saturated carbocycles. The van der Waals surface area contributed by atoms with Crippen LogP contribution < -0.4 is 5.32 Å². The molecule has 2 rings (SSSR count). The number of halogens is 1. The Balaban J connectivity index is 2.22. The van der Waals surface area contributed by atoms with Gasteiger partial charge in [0, 0.05) is 22.4 Å². The number of benzene rings is 1. The first-order valence-electron chi connectivity index (χ1n) is 4.89. The second kappa shape index (κ2) is 5.03. The molecule has 1 aromatic carbocycles. The highest BCUT2D eigenvalue weighted by molar-refractivity contribution is 9.10. The van der Waals surface area contributed by atoms with Crippen LogP contribution in [0.25, 0.3) is 0 Å². The summed E-state index contributed by atoms with van der Waals surface area (Å²) < 4.78 is 1.07. The van der Waals surface area contributed by atoms with Crippen molar-refractivity contribution in [3.05, 3.63) is 34.3 Å². The smallest absolute Gasteiger partial charge is 0.221 e. The number of hydrogen-bond donors (Lipinski definition) is 1. The normalized spacial score (nSPS) is 21.9. The average Bonchev–Trinajstić information content (AvgIpc) is 2.43. The molecule has 1 heterocycles. The zero-order chi connectivity index (χ0) is 10.7. The first-order chi connectivity index (χ1) is 7.27. The third-order valence-electron chi connectivity index (χ3n) is 2.37. The molecule has 1 aliphatic rings. The van der Waals surface area contributed by atoms with Crippen molar-refractivity contribution in [2.75, 3.05) is 11.5 Å². The van der Waals surface area contributed by atoms with Crippen LogP contribution in [0.1, 0.15) is 18.0 Å². The number of nitrogens with one attached hydrogen (secondary N) is 1. The van der Waals surface area contributed by atoms with Crippen molar-refractivity contribution in [2.45, 2.75) is 12.5 Å². The monoisotopic (exact) mass is 285 g/mol. The molecule has 2 nitrogen and oxygen atoms in total. The second-order valence-electron chi connectivity index (χ2n) is 3.47. The second-order valence-corrected chi connectivity index (χ2v) is 5.47. The molecule has 1 unspecified atom stereocenters. The fourth-order valence-electron chi connectivity index (χ4n) is 1.60. The Kier molecular flexibility index (Phi) is 3.70. The van der Waals surface area contributed by atoms with Gasteiger partial charge in [0.05, 0.1) is 6.04 Å². The Morgan fingerprint density at radius 3 is 3.00 bits per heavy atom. The Morgan fingerprint density at radius 1 is 1.40 bits per heavy atom. The van der Waals surface area contributed by atoms with E-state index in [1.165, 1.54) is 5.56 Å². The molecular weight excluding hydrogens is 274 g/mol. The van der Waals surface area contributed by atoms with E-state index in [0.29, 0.717) is 6.42 Å². The van der Waals surface area contributed by atoms with Crippen molar-refractivity contribution < 1.29 is 4.79 Å². The molecule has 1 saturated heterocycles. The maximum atomic E-state index is 11.4. The van der Waals surface area contributed by atoms with Crippen LogP contribution in [0.15, 0.2) is 28.7 Å². The zero-order valence-corrected chi connectivity index (χ0v) is 10.6. The molecule has 80 valence electrons. The van der Waals surface area contributed by atoms with E-state index in [0.717, 1.165) is 16.0 Å². The van der Waals surface area contributed by atoms with Crippen molar-refractivity contribution in [1.29, 1.82) is 0 Å². The van der Waals surface area contributed by atoms with Gasteiger partial charge < -0.3 is 5.32 Å². The van der Waals surface area contributed by atoms with Gasteiger partial charge in [0.25, 0.3) is 0 Å². The first kappa shape index (κ1) is 11.0. The van der Waals surface area contributed by atoms with Crippen LogP contribution in [0.5, 0.6) is 0 Å². The molecule has 1 fully saturated rings. The van der Waals surface area contributed by atoms with Crippen molar-refractivity contribution in [1.82, 2.24) is 5.32 Å². The number of hydrogen-bond acceptors (Lipinski definition) is 2. The van der Waals surface area contributed by atoms with Crippen molar-refractivity contribution in [3.63, 3.8) is 0 Å². The molecule has 1 atom stereocenters. The van der Waals surface area contributed by atoms with Gasteiger partial charge in [-0.2, -0.15) is 11.8 Å². The van der Waals surface area contributed by atoms with Crippen molar-refractivity contribution in [2.24, 2.45) is 0 Å². The maximum Gasteiger partial charge on any atom is 0.221 e. The highest BCUT2D eigenvalue weighted by Gasteiger charge is 2.19. The molecule has 1 amide bonds. The molecule has 1 N–H and O–H groups in total. The SMILES string of the molecule is O=C1CCSCC(c2ccccc2Br)N1. The minimum atomic E-state index is 0.139. The summed E-state index contributed by atoms with van der Waals surface area (Å²) in [5.41, 5.74) is 1.17. The molecule has 1 aromatic rings. The van der Waals surface area contributed by atoms with Crippen LogP contribution in [0.2, 0.25) is 0 Å². The number of rotatable bonds is 1. The van der Waals surface area contributed by atoms with E-state index in [4.69, 9.17) is 0 Å². The highest BCUT2D eigenvalue weighted by atomic mass is 79.9. The third kappa shape index (κ3) is 2.75. The highest BCUT2D eigenvalue weighted by Crippen LogP contribution is 2.27. The fraction of sp³-hybridized carbons (Fsp3) is 0.364. The minimum absolute atomic E-state index is 0.139. The van der Waals surface area contributed by atoms with Crippen LogP contribution in [0.4, 0.5) is 0 Å². The van der Waals surface area contributed by atoms with Crippen LogP contribution in [0.3, 0.4) is 0 Å². The van der Waals surface area contributed by atoms with E-state index < -0.39 is 0 Å². The summed E-state index contributed by atoms with van der Waals surface area (Å²) in [4.78, 5) is 11.4. The largest absolute Gasteiger partial charge is 0.348 e. The fourth-order valence-corrected chi connectivity index (χ4v) is 3.16. The van der Waals surface area contributed by atoms with Crippen molar-refractivity contribution >= 4 is 33.6 Å². The van der Waals surface area contributed by atoms with Crippen LogP contribution in [-0.2, 0) is 4.79 Å². The molecule has 15 heavy (non-hydrogen) atoms. The number of carbonyl (C=O) groups is 1. The maximum absolute atomic E-state index is 11.4. The van der Waals surface area contributed by atoms with Gasteiger partial charge in [0.1, 0.15) is 0 Å². The number of carbonyl (C=O) groups excluding carboxylic acids is 1. The Morgan fingerprint density at radius 2 is 2.20 bits per heavy atom. The van der Waals surface area contributed by atoms with Crippen LogP contribution >= 0.6 is 27.7 Å². The zero-order valence-electron chi connectivity index (χ0n) is 8.20. The Labute approximate surface area is 102 Å². The summed E-state index contributed by atoms with van der Waals surface area (Å²) in [5.74, 6) is 2.03. The molecule has 1 aliphatic heterocycles. The molecule has 0 bridgehead atoms. The van der Waals surface area contributed by atoms with E-state index in [1.807, 2.05) is 30.0 Å². The lowest BCUT2D eigenvalue weighted by Gasteiger charge is -2.17. The van der Waals surface area contributed by atoms with E-state index in [9.17, 15) is 4.79 Å². The molecular formula is C11H12BrNOS. The van der Waals surface area contributed by atoms with E-state index in [2.05, 4.69) is 27.3 Å². The number of amides is 1. The van der Waals surface area contributed by atoms with Gasteiger partial charge in [-0.05, 0) is 11.6 Å². The van der Waals surface area contributed by atoms with Gasteiger partial charge in [-0.1, -0.05) is 34.1 Å². The van der Waals surface area contributed by atoms with Crippen LogP contribution in [-0.4, -0.2) is 17.4 Å². The lowest BCUT2D eigenvalue weighted by atomic mass is 10.1.